The molecule has 2 N–H and O–H groups in total. The zero-order valence-electron chi connectivity index (χ0n) is 11.9. The fraction of sp³-hybridized carbons (Fsp3) is 0.0625. The highest BCUT2D eigenvalue weighted by Gasteiger charge is 2.14. The van der Waals surface area contributed by atoms with Crippen molar-refractivity contribution in [3.05, 3.63) is 59.9 Å². The first-order valence-corrected chi connectivity index (χ1v) is 8.01. The summed E-state index contributed by atoms with van der Waals surface area (Å²) < 4.78 is 39.4. The van der Waals surface area contributed by atoms with Gasteiger partial charge in [0.1, 0.15) is 5.82 Å². The van der Waals surface area contributed by atoms with Crippen LogP contribution in [0.5, 0.6) is 0 Å². The van der Waals surface area contributed by atoms with Gasteiger partial charge < -0.3 is 5.32 Å². The Bertz CT molecular complexity index is 856. The largest absolute Gasteiger partial charge is 0.319 e. The molecular weight excluding hydrogens is 319 g/mol. The smallest absolute Gasteiger partial charge is 0.255 e. The van der Waals surface area contributed by atoms with Crippen LogP contribution in [0, 0.1) is 18.2 Å². The summed E-state index contributed by atoms with van der Waals surface area (Å²) in [4.78, 5) is 12.0. The maximum Gasteiger partial charge on any atom is 0.255 e. The van der Waals surface area contributed by atoms with Gasteiger partial charge >= 0.3 is 0 Å². The average Bonchev–Trinajstić information content (AvgIpc) is 2.55. The highest BCUT2D eigenvalue weighted by molar-refractivity contribution is 7.89. The van der Waals surface area contributed by atoms with E-state index >= 15 is 0 Å². The summed E-state index contributed by atoms with van der Waals surface area (Å²) in [6, 6.07) is 11.0. The highest BCUT2D eigenvalue weighted by Crippen LogP contribution is 2.15. The van der Waals surface area contributed by atoms with Gasteiger partial charge in [-0.1, -0.05) is 18.1 Å². The van der Waals surface area contributed by atoms with Gasteiger partial charge in [0.05, 0.1) is 17.1 Å². The summed E-state index contributed by atoms with van der Waals surface area (Å²) in [5.74, 6) is 1.06. The molecule has 23 heavy (non-hydrogen) atoms. The van der Waals surface area contributed by atoms with Gasteiger partial charge in [-0.2, -0.15) is 4.72 Å². The number of benzene rings is 2. The molecule has 0 heterocycles. The monoisotopic (exact) mass is 332 g/mol. The van der Waals surface area contributed by atoms with Crippen molar-refractivity contribution < 1.29 is 17.6 Å². The SMILES string of the molecule is C#CCNS(=O)(=O)c1ccc(C(=O)Nc2ccccc2F)cc1. The summed E-state index contributed by atoms with van der Waals surface area (Å²) in [5, 5.41) is 2.41. The van der Waals surface area contributed by atoms with Gasteiger partial charge in [0.25, 0.3) is 5.91 Å². The standard InChI is InChI=1S/C16H13FN2O3S/c1-2-11-18-23(21,22)13-9-7-12(8-10-13)16(20)19-15-6-4-3-5-14(15)17/h1,3-10,18H,11H2,(H,19,20). The van der Waals surface area contributed by atoms with E-state index in [1.54, 1.807) is 6.07 Å². The van der Waals surface area contributed by atoms with E-state index in [1.165, 1.54) is 42.5 Å². The lowest BCUT2D eigenvalue weighted by molar-refractivity contribution is 0.102. The van der Waals surface area contributed by atoms with Crippen LogP contribution < -0.4 is 10.0 Å². The molecule has 0 saturated heterocycles. The third-order valence-electron chi connectivity index (χ3n) is 2.91. The van der Waals surface area contributed by atoms with Crippen molar-refractivity contribution in [1.29, 1.82) is 0 Å². The minimum absolute atomic E-state index is 0.0183. The number of hydrogen-bond acceptors (Lipinski definition) is 3. The van der Waals surface area contributed by atoms with Gasteiger partial charge in [-0.25, -0.2) is 12.8 Å². The van der Waals surface area contributed by atoms with Crippen molar-refractivity contribution in [2.24, 2.45) is 0 Å². The van der Waals surface area contributed by atoms with Crippen molar-refractivity contribution in [1.82, 2.24) is 4.72 Å². The Kier molecular flexibility index (Phi) is 5.11. The van der Waals surface area contributed by atoms with Gasteiger partial charge in [-0.05, 0) is 36.4 Å². The van der Waals surface area contributed by atoms with E-state index in [1.807, 2.05) is 0 Å². The average molecular weight is 332 g/mol. The molecule has 2 rings (SSSR count). The number of carbonyl (C=O) groups is 1. The molecule has 0 aliphatic rings. The van der Waals surface area contributed by atoms with Crippen LogP contribution in [0.25, 0.3) is 0 Å². The van der Waals surface area contributed by atoms with Crippen molar-refractivity contribution in [3.8, 4) is 12.3 Å². The number of terminal acetylenes is 1. The van der Waals surface area contributed by atoms with Gasteiger partial charge in [-0.3, -0.25) is 4.79 Å². The topological polar surface area (TPSA) is 75.3 Å². The maximum atomic E-state index is 13.5. The molecule has 0 fully saturated rings. The summed E-state index contributed by atoms with van der Waals surface area (Å²) in [7, 11) is -3.71. The third-order valence-corrected chi connectivity index (χ3v) is 4.33. The minimum atomic E-state index is -3.71. The Morgan fingerprint density at radius 3 is 2.39 bits per heavy atom. The first kappa shape index (κ1) is 16.7. The van der Waals surface area contributed by atoms with Crippen molar-refractivity contribution in [2.75, 3.05) is 11.9 Å². The van der Waals surface area contributed by atoms with E-state index in [9.17, 15) is 17.6 Å². The van der Waals surface area contributed by atoms with E-state index in [2.05, 4.69) is 16.0 Å². The predicted molar refractivity (Wildman–Crippen MR) is 84.8 cm³/mol. The molecule has 7 heteroatoms. The van der Waals surface area contributed by atoms with Gasteiger partial charge in [0.15, 0.2) is 0 Å². The van der Waals surface area contributed by atoms with Crippen LogP contribution in [0.3, 0.4) is 0 Å². The van der Waals surface area contributed by atoms with Gasteiger partial charge in [-0.15, -0.1) is 6.42 Å². The molecule has 0 saturated carbocycles. The number of rotatable bonds is 5. The highest BCUT2D eigenvalue weighted by atomic mass is 32.2. The number of amides is 1. The molecule has 0 unspecified atom stereocenters. The van der Waals surface area contributed by atoms with Gasteiger partial charge in [0, 0.05) is 5.56 Å². The van der Waals surface area contributed by atoms with Gasteiger partial charge in [0.2, 0.25) is 10.0 Å². The molecule has 0 aliphatic heterocycles. The summed E-state index contributed by atoms with van der Waals surface area (Å²) in [6.07, 6.45) is 5.00. The number of hydrogen-bond donors (Lipinski definition) is 2. The minimum Gasteiger partial charge on any atom is -0.319 e. The lowest BCUT2D eigenvalue weighted by Gasteiger charge is -2.07. The molecule has 2 aromatic rings. The Hall–Kier alpha value is -2.69. The summed E-state index contributed by atoms with van der Waals surface area (Å²) in [5.41, 5.74) is 0.244. The molecule has 0 bridgehead atoms. The zero-order chi connectivity index (χ0) is 16.9. The quantitative estimate of drug-likeness (QED) is 0.822. The van der Waals surface area contributed by atoms with Crippen LogP contribution in [0.2, 0.25) is 0 Å². The molecule has 0 aliphatic carbocycles. The number of para-hydroxylation sites is 1. The second-order valence-electron chi connectivity index (χ2n) is 4.49. The fourth-order valence-electron chi connectivity index (χ4n) is 1.76. The van der Waals surface area contributed by atoms with Crippen LogP contribution >= 0.6 is 0 Å². The summed E-state index contributed by atoms with van der Waals surface area (Å²) >= 11 is 0. The number of sulfonamides is 1. The maximum absolute atomic E-state index is 13.5. The molecule has 0 atom stereocenters. The van der Waals surface area contributed by atoms with Crippen molar-refractivity contribution in [2.45, 2.75) is 4.90 Å². The second-order valence-corrected chi connectivity index (χ2v) is 6.25. The van der Waals surface area contributed by atoms with E-state index in [4.69, 9.17) is 6.42 Å². The van der Waals surface area contributed by atoms with Crippen molar-refractivity contribution >= 4 is 21.6 Å². The normalized spacial score (nSPS) is 10.8. The molecular formula is C16H13FN2O3S. The molecule has 0 spiro atoms. The first-order valence-electron chi connectivity index (χ1n) is 6.53. The van der Waals surface area contributed by atoms with E-state index in [-0.39, 0.29) is 22.7 Å². The Morgan fingerprint density at radius 1 is 1.13 bits per heavy atom. The zero-order valence-corrected chi connectivity index (χ0v) is 12.7. The Labute approximate surface area is 133 Å². The predicted octanol–water partition coefficient (Wildman–Crippen LogP) is 1.99. The van der Waals surface area contributed by atoms with E-state index < -0.39 is 21.7 Å². The number of anilines is 1. The second kappa shape index (κ2) is 7.05. The van der Waals surface area contributed by atoms with Crippen LogP contribution in [0.1, 0.15) is 10.4 Å². The van der Waals surface area contributed by atoms with Crippen molar-refractivity contribution in [3.63, 3.8) is 0 Å². The first-order chi connectivity index (χ1) is 10.9. The Balaban J connectivity index is 2.15. The lowest BCUT2D eigenvalue weighted by Crippen LogP contribution is -2.24. The molecule has 0 radical (unpaired) electrons. The van der Waals surface area contributed by atoms with E-state index in [0.29, 0.717) is 0 Å². The third kappa shape index (κ3) is 4.16. The number of nitrogens with one attached hydrogen (secondary N) is 2. The molecule has 1 amide bonds. The number of halogens is 1. The fourth-order valence-corrected chi connectivity index (χ4v) is 2.70. The molecule has 118 valence electrons. The lowest BCUT2D eigenvalue weighted by atomic mass is 10.2. The van der Waals surface area contributed by atoms with E-state index in [0.717, 1.165) is 0 Å². The molecule has 2 aromatic carbocycles. The van der Waals surface area contributed by atoms with Crippen LogP contribution in [0.15, 0.2) is 53.4 Å². The number of carbonyl (C=O) groups excluding carboxylic acids is 1. The molecule has 5 nitrogen and oxygen atoms in total. The van der Waals surface area contributed by atoms with Crippen LogP contribution in [-0.2, 0) is 10.0 Å². The van der Waals surface area contributed by atoms with Crippen LogP contribution in [-0.4, -0.2) is 20.9 Å². The van der Waals surface area contributed by atoms with Crippen LogP contribution in [0.4, 0.5) is 10.1 Å². The Morgan fingerprint density at radius 2 is 1.78 bits per heavy atom. The summed E-state index contributed by atoms with van der Waals surface area (Å²) in [6.45, 7) is -0.127. The molecule has 0 aromatic heterocycles.